The van der Waals surface area contributed by atoms with Gasteiger partial charge in [-0.1, -0.05) is 81.8 Å². The van der Waals surface area contributed by atoms with Crippen LogP contribution in [-0.4, -0.2) is 27.5 Å². The summed E-state index contributed by atoms with van der Waals surface area (Å²) >= 11 is 0. The van der Waals surface area contributed by atoms with Crippen molar-refractivity contribution in [2.24, 2.45) is 0 Å². The Balaban J connectivity index is 1.67. The molecule has 0 spiro atoms. The molecule has 0 saturated heterocycles. The lowest BCUT2D eigenvalue weighted by Gasteiger charge is -2.27. The number of rotatable bonds is 16. The zero-order valence-corrected chi connectivity index (χ0v) is 23.8. The van der Waals surface area contributed by atoms with Gasteiger partial charge in [0.1, 0.15) is 0 Å². The van der Waals surface area contributed by atoms with E-state index in [2.05, 4.69) is 24.0 Å². The van der Waals surface area contributed by atoms with E-state index < -0.39 is 23.8 Å². The Labute approximate surface area is 239 Å². The Morgan fingerprint density at radius 1 is 1.00 bits per heavy atom. The molecule has 0 aliphatic heterocycles. The van der Waals surface area contributed by atoms with Crippen LogP contribution in [0.25, 0.3) is 11.5 Å². The number of nitrogens with zero attached hydrogens (tertiary/aromatic N) is 3. The van der Waals surface area contributed by atoms with E-state index in [1.807, 2.05) is 12.1 Å². The van der Waals surface area contributed by atoms with E-state index in [1.165, 1.54) is 49.3 Å². The van der Waals surface area contributed by atoms with Gasteiger partial charge < -0.3 is 9.36 Å². The van der Waals surface area contributed by atoms with Crippen molar-refractivity contribution in [1.29, 1.82) is 0 Å². The third kappa shape index (κ3) is 9.52. The molecular weight excluding hydrogens is 535 g/mol. The molecule has 41 heavy (non-hydrogen) atoms. The van der Waals surface area contributed by atoms with E-state index in [1.54, 1.807) is 19.1 Å². The third-order valence-corrected chi connectivity index (χ3v) is 7.20. The van der Waals surface area contributed by atoms with Crippen LogP contribution in [0.4, 0.5) is 13.2 Å². The van der Waals surface area contributed by atoms with Crippen molar-refractivity contribution in [3.8, 4) is 11.5 Å². The topological polar surface area (TPSA) is 85.5 Å². The van der Waals surface area contributed by atoms with Crippen molar-refractivity contribution in [1.82, 2.24) is 15.2 Å². The van der Waals surface area contributed by atoms with E-state index >= 15 is 0 Å². The monoisotopic (exact) mass is 573 g/mol. The van der Waals surface area contributed by atoms with Crippen molar-refractivity contribution in [2.75, 3.05) is 0 Å². The molecule has 0 N–H and O–H groups in total. The Morgan fingerprint density at radius 2 is 1.66 bits per heavy atom. The highest BCUT2D eigenvalue weighted by Gasteiger charge is 2.30. The molecule has 0 bridgehead atoms. The van der Waals surface area contributed by atoms with Gasteiger partial charge in [0.05, 0.1) is 18.2 Å². The van der Waals surface area contributed by atoms with Crippen LogP contribution in [0.3, 0.4) is 0 Å². The van der Waals surface area contributed by atoms with Crippen LogP contribution in [0.5, 0.6) is 0 Å². The summed E-state index contributed by atoms with van der Waals surface area (Å²) < 4.78 is 44.4. The lowest BCUT2D eigenvalue weighted by atomic mass is 9.97. The van der Waals surface area contributed by atoms with Crippen LogP contribution in [0, 0.1) is 0 Å². The minimum Gasteiger partial charge on any atom is -0.361 e. The number of benzene rings is 2. The second kappa shape index (κ2) is 15.5. The number of hydrogen-bond donors (Lipinski definition) is 0. The molecule has 2 aromatic carbocycles. The standard InChI is InChI=1S/C31H38F3N3O4/c1-4-6-7-8-9-10-11-24(5-2)29-35-30(40-36-29)26-14-12-23(13-15-26)20-37(41-28(39)21-38)22(3)25-16-18-27(19-17-25)31(32,33)34/h12-19,21-22,24H,4-11,20H2,1-3H3. The fourth-order valence-electron chi connectivity index (χ4n) is 4.64. The minimum absolute atomic E-state index is 0.0404. The number of aldehydes is 1. The molecule has 3 rings (SSSR count). The first-order chi connectivity index (χ1) is 19.7. The maximum absolute atomic E-state index is 13.0. The van der Waals surface area contributed by atoms with Crippen LogP contribution >= 0.6 is 0 Å². The molecule has 0 fully saturated rings. The quantitative estimate of drug-likeness (QED) is 0.0738. The van der Waals surface area contributed by atoms with Crippen LogP contribution < -0.4 is 0 Å². The fourth-order valence-corrected chi connectivity index (χ4v) is 4.64. The molecular formula is C31H38F3N3O4. The molecule has 1 aromatic heterocycles. The van der Waals surface area contributed by atoms with Gasteiger partial charge in [0, 0.05) is 11.5 Å². The van der Waals surface area contributed by atoms with Crippen molar-refractivity contribution >= 4 is 12.3 Å². The molecule has 222 valence electrons. The number of unbranched alkanes of at least 4 members (excludes halogenated alkanes) is 5. The van der Waals surface area contributed by atoms with Gasteiger partial charge in [0.15, 0.2) is 5.82 Å². The molecule has 0 saturated carbocycles. The summed E-state index contributed by atoms with van der Waals surface area (Å²) in [5.41, 5.74) is 1.17. The van der Waals surface area contributed by atoms with E-state index in [9.17, 15) is 22.8 Å². The molecule has 0 radical (unpaired) electrons. The molecule has 7 nitrogen and oxygen atoms in total. The second-order valence-electron chi connectivity index (χ2n) is 10.2. The number of carbonyl (C=O) groups is 2. The number of halogens is 3. The second-order valence-corrected chi connectivity index (χ2v) is 10.2. The van der Waals surface area contributed by atoms with Gasteiger partial charge in [-0.05, 0) is 55.2 Å². The summed E-state index contributed by atoms with van der Waals surface area (Å²) in [6.07, 6.45) is 4.92. The number of carbonyl (C=O) groups excluding carboxylic acids is 2. The zero-order valence-electron chi connectivity index (χ0n) is 23.8. The first-order valence-electron chi connectivity index (χ1n) is 14.2. The minimum atomic E-state index is -4.46. The van der Waals surface area contributed by atoms with E-state index in [4.69, 9.17) is 9.36 Å². The first-order valence-corrected chi connectivity index (χ1v) is 14.2. The van der Waals surface area contributed by atoms with E-state index in [0.29, 0.717) is 17.3 Å². The first kappa shape index (κ1) is 32.0. The summed E-state index contributed by atoms with van der Waals surface area (Å²) in [6, 6.07) is 11.2. The van der Waals surface area contributed by atoms with E-state index in [-0.39, 0.29) is 18.7 Å². The Bertz CT molecular complexity index is 1230. The fraction of sp³-hybridized carbons (Fsp3) is 0.484. The Morgan fingerprint density at radius 3 is 2.27 bits per heavy atom. The van der Waals surface area contributed by atoms with Crippen LogP contribution in [0.1, 0.15) is 107 Å². The maximum Gasteiger partial charge on any atom is 0.416 e. The molecule has 0 aliphatic carbocycles. The molecule has 2 unspecified atom stereocenters. The third-order valence-electron chi connectivity index (χ3n) is 7.20. The van der Waals surface area contributed by atoms with E-state index in [0.717, 1.165) is 42.5 Å². The molecule has 1 heterocycles. The molecule has 2 atom stereocenters. The highest BCUT2D eigenvalue weighted by atomic mass is 19.4. The van der Waals surface area contributed by atoms with Gasteiger partial charge >= 0.3 is 12.1 Å². The Hall–Kier alpha value is -3.53. The average molecular weight is 574 g/mol. The number of aromatic nitrogens is 2. The smallest absolute Gasteiger partial charge is 0.361 e. The molecule has 0 amide bonds. The van der Waals surface area contributed by atoms with Crippen molar-refractivity contribution < 1.29 is 32.1 Å². The van der Waals surface area contributed by atoms with Gasteiger partial charge in [-0.2, -0.15) is 18.2 Å². The number of hydroxylamine groups is 2. The van der Waals surface area contributed by atoms with Gasteiger partial charge in [0.2, 0.25) is 6.29 Å². The maximum atomic E-state index is 13.0. The lowest BCUT2D eigenvalue weighted by Crippen LogP contribution is -2.30. The number of hydrogen-bond acceptors (Lipinski definition) is 7. The predicted octanol–water partition coefficient (Wildman–Crippen LogP) is 8.22. The SMILES string of the molecule is CCCCCCCCC(CC)c1noc(-c2ccc(CN(OC(=O)C=O)C(C)c3ccc(C(F)(F)F)cc3)cc2)n1. The van der Waals surface area contributed by atoms with Gasteiger partial charge in [-0.25, -0.2) is 4.79 Å². The summed E-state index contributed by atoms with van der Waals surface area (Å²) in [7, 11) is 0. The molecule has 10 heteroatoms. The highest BCUT2D eigenvalue weighted by Crippen LogP contribution is 2.32. The van der Waals surface area contributed by atoms with Crippen LogP contribution in [0.2, 0.25) is 0 Å². The van der Waals surface area contributed by atoms with Gasteiger partial charge in [-0.3, -0.25) is 4.79 Å². The zero-order chi connectivity index (χ0) is 29.8. The average Bonchev–Trinajstić information content (AvgIpc) is 3.46. The summed E-state index contributed by atoms with van der Waals surface area (Å²) in [5, 5.41) is 5.48. The molecule has 3 aromatic rings. The summed E-state index contributed by atoms with van der Waals surface area (Å²) in [5.74, 6) is 0.253. The predicted molar refractivity (Wildman–Crippen MR) is 148 cm³/mol. The van der Waals surface area contributed by atoms with Gasteiger partial charge in [-0.15, -0.1) is 5.06 Å². The Kier molecular flexibility index (Phi) is 12.1. The lowest BCUT2D eigenvalue weighted by molar-refractivity contribution is -0.203. The summed E-state index contributed by atoms with van der Waals surface area (Å²) in [4.78, 5) is 32.5. The van der Waals surface area contributed by atoms with Crippen molar-refractivity contribution in [3.63, 3.8) is 0 Å². The van der Waals surface area contributed by atoms with Crippen LogP contribution in [0.15, 0.2) is 53.1 Å². The highest BCUT2D eigenvalue weighted by molar-refractivity contribution is 6.20. The largest absolute Gasteiger partial charge is 0.416 e. The van der Waals surface area contributed by atoms with Crippen molar-refractivity contribution in [3.05, 3.63) is 71.0 Å². The molecule has 0 aliphatic rings. The van der Waals surface area contributed by atoms with Gasteiger partial charge in [0.25, 0.3) is 5.89 Å². The number of alkyl halides is 3. The van der Waals surface area contributed by atoms with Crippen molar-refractivity contribution in [2.45, 2.75) is 96.8 Å². The van der Waals surface area contributed by atoms with Crippen LogP contribution in [-0.2, 0) is 27.1 Å². The summed E-state index contributed by atoms with van der Waals surface area (Å²) in [6.45, 7) is 6.10. The normalized spacial score (nSPS) is 13.2.